The summed E-state index contributed by atoms with van der Waals surface area (Å²) in [6.07, 6.45) is 1.64. The van der Waals surface area contributed by atoms with Crippen molar-refractivity contribution in [2.24, 2.45) is 0 Å². The van der Waals surface area contributed by atoms with Gasteiger partial charge in [0.2, 0.25) is 0 Å². The van der Waals surface area contributed by atoms with Crippen LogP contribution in [0.5, 0.6) is 0 Å². The van der Waals surface area contributed by atoms with Gasteiger partial charge in [-0.15, -0.1) is 0 Å². The van der Waals surface area contributed by atoms with Gasteiger partial charge in [0.15, 0.2) is 0 Å². The quantitative estimate of drug-likeness (QED) is 0.572. The second-order valence-corrected chi connectivity index (χ2v) is 3.63. The van der Waals surface area contributed by atoms with Gasteiger partial charge < -0.3 is 0 Å². The number of fused-ring (bicyclic) bond motifs is 1. The number of hydrogen-bond donors (Lipinski definition) is 3. The van der Waals surface area contributed by atoms with Crippen molar-refractivity contribution in [2.45, 2.75) is 0 Å². The number of benzene rings is 1. The van der Waals surface area contributed by atoms with E-state index in [-0.39, 0.29) is 5.56 Å². The van der Waals surface area contributed by atoms with Crippen LogP contribution in [0.15, 0.2) is 35.3 Å². The van der Waals surface area contributed by atoms with Gasteiger partial charge in [0.25, 0.3) is 5.56 Å². The molecule has 0 saturated heterocycles. The molecule has 0 unspecified atom stereocenters. The van der Waals surface area contributed by atoms with Gasteiger partial charge in [0, 0.05) is 10.8 Å². The molecule has 86 valence electrons. The lowest BCUT2D eigenvalue weighted by molar-refractivity contribution is 0.381. The van der Waals surface area contributed by atoms with Crippen molar-refractivity contribution in [1.29, 1.82) is 0 Å². The van der Waals surface area contributed by atoms with Crippen LogP contribution in [0, 0.1) is 0 Å². The number of hydrogen-bond acceptors (Lipinski definition) is 4. The highest BCUT2D eigenvalue weighted by atomic mass is 32.3. The molecule has 0 fully saturated rings. The number of rotatable bonds is 0. The molecule has 2 aromatic rings. The van der Waals surface area contributed by atoms with E-state index in [1.54, 1.807) is 12.3 Å². The molecule has 7 nitrogen and oxygen atoms in total. The van der Waals surface area contributed by atoms with Crippen molar-refractivity contribution in [1.82, 2.24) is 10.2 Å². The molecule has 0 aliphatic heterocycles. The van der Waals surface area contributed by atoms with E-state index in [9.17, 15) is 4.79 Å². The molecule has 1 aromatic carbocycles. The van der Waals surface area contributed by atoms with Crippen LogP contribution in [0.3, 0.4) is 0 Å². The van der Waals surface area contributed by atoms with Gasteiger partial charge in [0.1, 0.15) is 0 Å². The highest BCUT2D eigenvalue weighted by Gasteiger charge is 1.93. The predicted octanol–water partition coefficient (Wildman–Crippen LogP) is 0.270. The first-order valence-electron chi connectivity index (χ1n) is 4.00. The number of nitrogens with zero attached hydrogens (tertiary/aromatic N) is 1. The van der Waals surface area contributed by atoms with Crippen LogP contribution in [-0.4, -0.2) is 27.7 Å². The number of nitrogens with one attached hydrogen (secondary N) is 1. The molecular weight excluding hydrogens is 236 g/mol. The third kappa shape index (κ3) is 4.17. The van der Waals surface area contributed by atoms with Gasteiger partial charge in [0.05, 0.1) is 6.20 Å². The minimum absolute atomic E-state index is 0.136. The summed E-state index contributed by atoms with van der Waals surface area (Å²) in [5, 5.41) is 7.60. The fourth-order valence-corrected chi connectivity index (χ4v) is 1.04. The van der Waals surface area contributed by atoms with Crippen LogP contribution in [0.4, 0.5) is 0 Å². The predicted molar refractivity (Wildman–Crippen MR) is 56.5 cm³/mol. The Morgan fingerprint density at radius 3 is 2.31 bits per heavy atom. The smallest absolute Gasteiger partial charge is 0.267 e. The van der Waals surface area contributed by atoms with Crippen LogP contribution in [-0.2, 0) is 10.4 Å². The Labute approximate surface area is 90.3 Å². The lowest BCUT2D eigenvalue weighted by Crippen LogP contribution is -2.06. The summed E-state index contributed by atoms with van der Waals surface area (Å²) in [5.74, 6) is 0. The van der Waals surface area contributed by atoms with Crippen LogP contribution >= 0.6 is 0 Å². The Morgan fingerprint density at radius 1 is 1.19 bits per heavy atom. The fourth-order valence-electron chi connectivity index (χ4n) is 1.04. The van der Waals surface area contributed by atoms with E-state index in [0.29, 0.717) is 5.39 Å². The number of aromatic nitrogens is 2. The molecule has 8 heteroatoms. The summed E-state index contributed by atoms with van der Waals surface area (Å²) < 4.78 is 31.6. The maximum Gasteiger partial charge on any atom is 0.394 e. The maximum absolute atomic E-state index is 11.1. The molecule has 2 rings (SSSR count). The summed E-state index contributed by atoms with van der Waals surface area (Å²) in [5.41, 5.74) is -0.136. The van der Waals surface area contributed by atoms with E-state index in [0.717, 1.165) is 5.39 Å². The van der Waals surface area contributed by atoms with Crippen molar-refractivity contribution < 1.29 is 17.5 Å². The van der Waals surface area contributed by atoms with Crippen LogP contribution in [0.2, 0.25) is 0 Å². The molecule has 3 N–H and O–H groups in total. The average molecular weight is 244 g/mol. The molecule has 1 heterocycles. The Kier molecular flexibility index (Phi) is 3.72. The topological polar surface area (TPSA) is 120 Å². The summed E-state index contributed by atoms with van der Waals surface area (Å²) in [6.45, 7) is 0. The van der Waals surface area contributed by atoms with E-state index < -0.39 is 10.4 Å². The second-order valence-electron chi connectivity index (χ2n) is 2.73. The highest BCUT2D eigenvalue weighted by molar-refractivity contribution is 7.79. The van der Waals surface area contributed by atoms with Gasteiger partial charge in [-0.05, 0) is 6.07 Å². The zero-order chi connectivity index (χ0) is 12.2. The Balaban J connectivity index is 0.000000221. The first-order valence-corrected chi connectivity index (χ1v) is 5.40. The SMILES string of the molecule is O=S(=O)(O)O.O=c1[nH]ncc2ccccc12. The van der Waals surface area contributed by atoms with Crippen molar-refractivity contribution in [2.75, 3.05) is 0 Å². The van der Waals surface area contributed by atoms with Gasteiger partial charge in [-0.3, -0.25) is 13.9 Å². The third-order valence-electron chi connectivity index (χ3n) is 1.58. The maximum atomic E-state index is 11.1. The summed E-state index contributed by atoms with van der Waals surface area (Å²) in [6, 6.07) is 7.34. The molecule has 0 aliphatic carbocycles. The first-order chi connectivity index (χ1) is 7.38. The van der Waals surface area contributed by atoms with Gasteiger partial charge in [-0.1, -0.05) is 18.2 Å². The molecule has 0 atom stereocenters. The zero-order valence-electron chi connectivity index (χ0n) is 7.86. The molecule has 0 bridgehead atoms. The first kappa shape index (κ1) is 12.3. The van der Waals surface area contributed by atoms with Gasteiger partial charge in [-0.25, -0.2) is 5.10 Å². The van der Waals surface area contributed by atoms with Gasteiger partial charge >= 0.3 is 10.4 Å². The van der Waals surface area contributed by atoms with Crippen LogP contribution in [0.1, 0.15) is 0 Å². The minimum atomic E-state index is -4.67. The molecule has 0 spiro atoms. The third-order valence-corrected chi connectivity index (χ3v) is 1.58. The Morgan fingerprint density at radius 2 is 1.75 bits per heavy atom. The monoisotopic (exact) mass is 244 g/mol. The summed E-state index contributed by atoms with van der Waals surface area (Å²) in [7, 11) is -4.67. The number of aromatic amines is 1. The van der Waals surface area contributed by atoms with Crippen LogP contribution < -0.4 is 5.56 Å². The average Bonchev–Trinajstić information content (AvgIpc) is 2.16. The van der Waals surface area contributed by atoms with E-state index in [2.05, 4.69) is 10.2 Å². The molecule has 0 amide bonds. The zero-order valence-corrected chi connectivity index (χ0v) is 8.68. The van der Waals surface area contributed by atoms with Crippen molar-refractivity contribution >= 4 is 21.2 Å². The molecule has 0 radical (unpaired) electrons. The van der Waals surface area contributed by atoms with Crippen molar-refractivity contribution in [3.8, 4) is 0 Å². The summed E-state index contributed by atoms with van der Waals surface area (Å²) >= 11 is 0. The summed E-state index contributed by atoms with van der Waals surface area (Å²) in [4.78, 5) is 11.1. The second kappa shape index (κ2) is 4.84. The molecule has 0 saturated carbocycles. The van der Waals surface area contributed by atoms with E-state index in [4.69, 9.17) is 17.5 Å². The molecular formula is C8H8N2O5S. The molecule has 16 heavy (non-hydrogen) atoms. The fraction of sp³-hybridized carbons (Fsp3) is 0. The lowest BCUT2D eigenvalue weighted by atomic mass is 10.2. The highest BCUT2D eigenvalue weighted by Crippen LogP contribution is 2.04. The normalized spacial score (nSPS) is 10.6. The van der Waals surface area contributed by atoms with Gasteiger partial charge in [-0.2, -0.15) is 13.5 Å². The molecule has 0 aliphatic rings. The van der Waals surface area contributed by atoms with Crippen molar-refractivity contribution in [3.63, 3.8) is 0 Å². The standard InChI is InChI=1S/C8H6N2O.H2O4S/c11-8-7-4-2-1-3-6(7)5-9-10-8;1-5(2,3)4/h1-5H,(H,10,11);(H2,1,2,3,4). The minimum Gasteiger partial charge on any atom is -0.267 e. The Hall–Kier alpha value is -1.77. The largest absolute Gasteiger partial charge is 0.394 e. The molecule has 1 aromatic heterocycles. The van der Waals surface area contributed by atoms with Crippen LogP contribution in [0.25, 0.3) is 10.8 Å². The van der Waals surface area contributed by atoms with E-state index in [1.165, 1.54) is 0 Å². The van der Waals surface area contributed by atoms with Crippen molar-refractivity contribution in [3.05, 3.63) is 40.8 Å². The number of H-pyrrole nitrogens is 1. The lowest BCUT2D eigenvalue weighted by Gasteiger charge is -1.91. The van der Waals surface area contributed by atoms with E-state index in [1.807, 2.05) is 18.2 Å². The Bertz CT molecular complexity index is 621. The van der Waals surface area contributed by atoms with E-state index >= 15 is 0 Å².